The summed E-state index contributed by atoms with van der Waals surface area (Å²) in [7, 11) is 0. The van der Waals surface area contributed by atoms with E-state index in [2.05, 4.69) is 23.4 Å². The van der Waals surface area contributed by atoms with E-state index < -0.39 is 0 Å². The molecule has 0 fully saturated rings. The minimum Gasteiger partial charge on any atom is -0.353 e. The third-order valence-electron chi connectivity index (χ3n) is 2.39. The van der Waals surface area contributed by atoms with E-state index in [0.29, 0.717) is 18.8 Å². The van der Waals surface area contributed by atoms with Gasteiger partial charge in [-0.1, -0.05) is 12.2 Å². The Kier molecular flexibility index (Phi) is 4.25. The van der Waals surface area contributed by atoms with Gasteiger partial charge in [-0.3, -0.25) is 4.79 Å². The fourth-order valence-corrected chi connectivity index (χ4v) is 1.66. The van der Waals surface area contributed by atoms with E-state index in [1.807, 2.05) is 6.92 Å². The van der Waals surface area contributed by atoms with Crippen molar-refractivity contribution >= 4 is 5.91 Å². The number of allylic oxidation sites excluding steroid dienone is 2. The number of terminal acetylenes is 1. The second-order valence-corrected chi connectivity index (χ2v) is 3.85. The normalized spacial score (nSPS) is 21.6. The summed E-state index contributed by atoms with van der Waals surface area (Å²) in [5.74, 6) is 3.09. The molecule has 14 heavy (non-hydrogen) atoms. The summed E-state index contributed by atoms with van der Waals surface area (Å²) in [4.78, 5) is 11.5. The Morgan fingerprint density at radius 2 is 2.57 bits per heavy atom. The molecule has 1 N–H and O–H groups in total. The fourth-order valence-electron chi connectivity index (χ4n) is 1.66. The molecule has 0 heterocycles. The maximum atomic E-state index is 11.5. The maximum Gasteiger partial charge on any atom is 0.220 e. The highest BCUT2D eigenvalue weighted by atomic mass is 16.1. The molecule has 1 amide bonds. The number of amides is 1. The van der Waals surface area contributed by atoms with Gasteiger partial charge >= 0.3 is 0 Å². The summed E-state index contributed by atoms with van der Waals surface area (Å²) in [6.07, 6.45) is 12.9. The highest BCUT2D eigenvalue weighted by Crippen LogP contribution is 2.19. The lowest BCUT2D eigenvalue weighted by Gasteiger charge is -2.12. The van der Waals surface area contributed by atoms with E-state index in [9.17, 15) is 4.79 Å². The van der Waals surface area contributed by atoms with E-state index in [0.717, 1.165) is 12.8 Å². The molecule has 0 aromatic heterocycles. The monoisotopic (exact) mass is 191 g/mol. The van der Waals surface area contributed by atoms with Crippen LogP contribution in [-0.2, 0) is 4.79 Å². The summed E-state index contributed by atoms with van der Waals surface area (Å²) in [6, 6.07) is 0.0953. The first-order valence-corrected chi connectivity index (χ1v) is 5.12. The number of hydrogen-bond donors (Lipinski definition) is 1. The zero-order chi connectivity index (χ0) is 10.4. The quantitative estimate of drug-likeness (QED) is 0.533. The van der Waals surface area contributed by atoms with E-state index in [-0.39, 0.29) is 11.9 Å². The van der Waals surface area contributed by atoms with Crippen LogP contribution in [0.15, 0.2) is 12.2 Å². The van der Waals surface area contributed by atoms with Gasteiger partial charge in [-0.25, -0.2) is 0 Å². The molecule has 1 aliphatic carbocycles. The van der Waals surface area contributed by atoms with Crippen LogP contribution in [0.25, 0.3) is 0 Å². The van der Waals surface area contributed by atoms with Crippen molar-refractivity contribution in [3.8, 4) is 12.3 Å². The first-order valence-electron chi connectivity index (χ1n) is 5.12. The lowest BCUT2D eigenvalue weighted by Crippen LogP contribution is -2.33. The Hall–Kier alpha value is -1.23. The number of carbonyl (C=O) groups is 1. The van der Waals surface area contributed by atoms with Crippen molar-refractivity contribution in [3.63, 3.8) is 0 Å². The lowest BCUT2D eigenvalue weighted by molar-refractivity contribution is -0.122. The van der Waals surface area contributed by atoms with Crippen molar-refractivity contribution in [1.29, 1.82) is 0 Å². The van der Waals surface area contributed by atoms with Crippen molar-refractivity contribution in [3.05, 3.63) is 12.2 Å². The van der Waals surface area contributed by atoms with Gasteiger partial charge in [-0.05, 0) is 25.7 Å². The van der Waals surface area contributed by atoms with Gasteiger partial charge in [0.1, 0.15) is 0 Å². The Bertz CT molecular complexity index is 262. The van der Waals surface area contributed by atoms with Gasteiger partial charge in [0.25, 0.3) is 0 Å². The molecule has 76 valence electrons. The standard InChI is InChI=1S/C12H17NO/c1-3-6-10(2)13-12(14)9-11-7-4-5-8-11/h1,4,7,10-11H,5-6,8-9H2,2H3,(H,13,14). The Balaban J connectivity index is 2.22. The van der Waals surface area contributed by atoms with E-state index >= 15 is 0 Å². The highest BCUT2D eigenvalue weighted by molar-refractivity contribution is 5.76. The topological polar surface area (TPSA) is 29.1 Å². The Morgan fingerprint density at radius 3 is 3.14 bits per heavy atom. The van der Waals surface area contributed by atoms with E-state index in [1.165, 1.54) is 0 Å². The number of nitrogens with one attached hydrogen (secondary N) is 1. The van der Waals surface area contributed by atoms with Crippen molar-refractivity contribution in [2.45, 2.75) is 38.6 Å². The molecule has 0 spiro atoms. The Labute approximate surface area is 85.8 Å². The van der Waals surface area contributed by atoms with Gasteiger partial charge in [-0.2, -0.15) is 0 Å². The predicted molar refractivity (Wildman–Crippen MR) is 57.5 cm³/mol. The minimum absolute atomic E-state index is 0.0953. The van der Waals surface area contributed by atoms with Gasteiger partial charge in [0.05, 0.1) is 0 Å². The number of hydrogen-bond acceptors (Lipinski definition) is 1. The van der Waals surface area contributed by atoms with Crippen LogP contribution in [0.3, 0.4) is 0 Å². The van der Waals surface area contributed by atoms with Crippen molar-refractivity contribution in [1.82, 2.24) is 5.32 Å². The number of rotatable bonds is 4. The van der Waals surface area contributed by atoms with Crippen molar-refractivity contribution in [2.24, 2.45) is 5.92 Å². The molecule has 0 aromatic carbocycles. The zero-order valence-corrected chi connectivity index (χ0v) is 8.62. The lowest BCUT2D eigenvalue weighted by atomic mass is 10.0. The highest BCUT2D eigenvalue weighted by Gasteiger charge is 2.14. The van der Waals surface area contributed by atoms with Crippen LogP contribution >= 0.6 is 0 Å². The van der Waals surface area contributed by atoms with E-state index in [4.69, 9.17) is 6.42 Å². The van der Waals surface area contributed by atoms with Crippen LogP contribution in [0.5, 0.6) is 0 Å². The summed E-state index contributed by atoms with van der Waals surface area (Å²) in [5.41, 5.74) is 0. The SMILES string of the molecule is C#CCC(C)NC(=O)CC1C=CCC1. The molecule has 0 bridgehead atoms. The van der Waals surface area contributed by atoms with Crippen molar-refractivity contribution < 1.29 is 4.79 Å². The third-order valence-corrected chi connectivity index (χ3v) is 2.39. The summed E-state index contributed by atoms with van der Waals surface area (Å²) < 4.78 is 0. The van der Waals surface area contributed by atoms with Gasteiger partial charge < -0.3 is 5.32 Å². The molecule has 1 aliphatic rings. The summed E-state index contributed by atoms with van der Waals surface area (Å²) in [5, 5.41) is 2.89. The molecule has 0 saturated heterocycles. The van der Waals surface area contributed by atoms with Gasteiger partial charge in [-0.15, -0.1) is 12.3 Å². The molecule has 2 nitrogen and oxygen atoms in total. The van der Waals surface area contributed by atoms with Crippen LogP contribution in [-0.4, -0.2) is 11.9 Å². The summed E-state index contributed by atoms with van der Waals surface area (Å²) in [6.45, 7) is 1.93. The molecular formula is C12H17NO. The van der Waals surface area contributed by atoms with Crippen LogP contribution < -0.4 is 5.32 Å². The van der Waals surface area contributed by atoms with Crippen LogP contribution in [0.2, 0.25) is 0 Å². The first kappa shape index (κ1) is 10.8. The van der Waals surface area contributed by atoms with Gasteiger partial charge in [0.15, 0.2) is 0 Å². The van der Waals surface area contributed by atoms with Gasteiger partial charge in [0.2, 0.25) is 5.91 Å². The molecule has 0 aliphatic heterocycles. The molecule has 2 unspecified atom stereocenters. The molecule has 2 atom stereocenters. The molecule has 0 radical (unpaired) electrons. The maximum absolute atomic E-state index is 11.5. The largest absolute Gasteiger partial charge is 0.353 e. The van der Waals surface area contributed by atoms with Crippen LogP contribution in [0.4, 0.5) is 0 Å². The minimum atomic E-state index is 0.0953. The Morgan fingerprint density at radius 1 is 1.79 bits per heavy atom. The average Bonchev–Trinajstić information content (AvgIpc) is 2.56. The molecular weight excluding hydrogens is 174 g/mol. The third kappa shape index (κ3) is 3.66. The predicted octanol–water partition coefficient (Wildman–Crippen LogP) is 1.87. The second-order valence-electron chi connectivity index (χ2n) is 3.85. The van der Waals surface area contributed by atoms with E-state index in [1.54, 1.807) is 0 Å². The van der Waals surface area contributed by atoms with Crippen LogP contribution in [0.1, 0.15) is 32.6 Å². The zero-order valence-electron chi connectivity index (χ0n) is 8.62. The molecule has 1 rings (SSSR count). The van der Waals surface area contributed by atoms with Crippen molar-refractivity contribution in [2.75, 3.05) is 0 Å². The van der Waals surface area contributed by atoms with Crippen LogP contribution in [0, 0.1) is 18.3 Å². The molecule has 0 aromatic rings. The molecule has 0 saturated carbocycles. The second kappa shape index (κ2) is 5.49. The summed E-state index contributed by atoms with van der Waals surface area (Å²) >= 11 is 0. The smallest absolute Gasteiger partial charge is 0.220 e. The number of carbonyl (C=O) groups excluding carboxylic acids is 1. The average molecular weight is 191 g/mol. The first-order chi connectivity index (χ1) is 6.72. The fraction of sp³-hybridized carbons (Fsp3) is 0.583. The molecule has 2 heteroatoms. The van der Waals surface area contributed by atoms with Gasteiger partial charge in [0, 0.05) is 18.9 Å².